The van der Waals surface area contributed by atoms with E-state index in [2.05, 4.69) is 4.74 Å². The zero-order chi connectivity index (χ0) is 21.8. The summed E-state index contributed by atoms with van der Waals surface area (Å²) < 4.78 is 61.3. The number of carbonyl (C=O) groups is 4. The van der Waals surface area contributed by atoms with Crippen LogP contribution in [0.15, 0.2) is 0 Å². The standard InChI is InChI=1S/C17H18F4O8/c18-16(19,13(25)26)17(20,21)14(27)28-6-10(22)29-11-8-1-7-2-9(11)5-15(3-7,4-8)12(23)24/h7-9,11H,1-6H2,(H,23,24)(H,25,26)/p-1. The van der Waals surface area contributed by atoms with Crippen LogP contribution in [-0.2, 0) is 28.7 Å². The van der Waals surface area contributed by atoms with E-state index in [1.54, 1.807) is 0 Å². The molecule has 0 aromatic carbocycles. The van der Waals surface area contributed by atoms with Gasteiger partial charge in [0.25, 0.3) is 0 Å². The molecule has 8 nitrogen and oxygen atoms in total. The van der Waals surface area contributed by atoms with Gasteiger partial charge in [-0.2, -0.15) is 17.6 Å². The molecule has 4 aliphatic carbocycles. The van der Waals surface area contributed by atoms with Gasteiger partial charge in [0, 0.05) is 0 Å². The Morgan fingerprint density at radius 2 is 1.55 bits per heavy atom. The monoisotopic (exact) mass is 425 g/mol. The average molecular weight is 425 g/mol. The van der Waals surface area contributed by atoms with Crippen molar-refractivity contribution in [2.75, 3.05) is 6.61 Å². The maximum Gasteiger partial charge on any atom is 0.410 e. The van der Waals surface area contributed by atoms with E-state index in [9.17, 15) is 47.0 Å². The molecule has 0 amide bonds. The summed E-state index contributed by atoms with van der Waals surface area (Å²) in [5, 5.41) is 19.6. The Hall–Kier alpha value is -2.40. The lowest BCUT2D eigenvalue weighted by Gasteiger charge is -2.57. The lowest BCUT2D eigenvalue weighted by Crippen LogP contribution is -2.58. The molecule has 12 heteroatoms. The Bertz CT molecular complexity index is 736. The Morgan fingerprint density at radius 1 is 1.00 bits per heavy atom. The SMILES string of the molecule is O=C(COC(=O)C(F)(F)C(F)(F)C(=O)[O-])OC1C2CC3CC1CC(C(=O)O)(C3)C2. The van der Waals surface area contributed by atoms with Gasteiger partial charge in [-0.05, 0) is 49.9 Å². The highest BCUT2D eigenvalue weighted by Gasteiger charge is 2.65. The first kappa shape index (κ1) is 21.3. The molecule has 0 radical (unpaired) electrons. The minimum Gasteiger partial charge on any atom is -0.544 e. The highest BCUT2D eigenvalue weighted by atomic mass is 19.3. The van der Waals surface area contributed by atoms with Gasteiger partial charge in [-0.1, -0.05) is 0 Å². The second kappa shape index (κ2) is 6.84. The van der Waals surface area contributed by atoms with Crippen molar-refractivity contribution >= 4 is 23.9 Å². The van der Waals surface area contributed by atoms with E-state index in [-0.39, 0.29) is 17.8 Å². The number of ether oxygens (including phenoxy) is 2. The number of hydrogen-bond acceptors (Lipinski definition) is 7. The van der Waals surface area contributed by atoms with Gasteiger partial charge in [0.1, 0.15) is 12.1 Å². The fourth-order valence-corrected chi connectivity index (χ4v) is 5.09. The van der Waals surface area contributed by atoms with Crippen molar-refractivity contribution in [1.82, 2.24) is 0 Å². The van der Waals surface area contributed by atoms with E-state index in [0.717, 1.165) is 0 Å². The van der Waals surface area contributed by atoms with Crippen LogP contribution >= 0.6 is 0 Å². The van der Waals surface area contributed by atoms with E-state index in [4.69, 9.17) is 4.74 Å². The molecule has 2 atom stereocenters. The molecule has 4 aliphatic rings. The molecule has 1 N–H and O–H groups in total. The first-order chi connectivity index (χ1) is 13.3. The van der Waals surface area contributed by atoms with Crippen molar-refractivity contribution in [3.63, 3.8) is 0 Å². The molecule has 4 bridgehead atoms. The summed E-state index contributed by atoms with van der Waals surface area (Å²) in [5.41, 5.74) is -0.871. The first-order valence-corrected chi connectivity index (χ1v) is 8.87. The molecule has 0 aliphatic heterocycles. The molecule has 162 valence electrons. The zero-order valence-corrected chi connectivity index (χ0v) is 14.9. The van der Waals surface area contributed by atoms with Gasteiger partial charge in [-0.25, -0.2) is 9.59 Å². The van der Waals surface area contributed by atoms with Gasteiger partial charge < -0.3 is 24.5 Å². The summed E-state index contributed by atoms with van der Waals surface area (Å²) in [4.78, 5) is 44.8. The third kappa shape index (κ3) is 3.42. The van der Waals surface area contributed by atoms with Crippen molar-refractivity contribution in [3.05, 3.63) is 0 Å². The number of alkyl halides is 4. The molecule has 0 heterocycles. The van der Waals surface area contributed by atoms with Crippen molar-refractivity contribution in [2.45, 2.75) is 50.1 Å². The predicted octanol–water partition coefficient (Wildman–Crippen LogP) is 0.373. The van der Waals surface area contributed by atoms with Gasteiger partial charge in [-0.15, -0.1) is 0 Å². The summed E-state index contributed by atoms with van der Waals surface area (Å²) in [6, 6.07) is 0. The van der Waals surface area contributed by atoms with Crippen LogP contribution in [0.1, 0.15) is 32.1 Å². The third-order valence-corrected chi connectivity index (χ3v) is 6.14. The maximum atomic E-state index is 13.3. The van der Waals surface area contributed by atoms with E-state index in [1.165, 1.54) is 0 Å². The number of hydrogen-bond donors (Lipinski definition) is 1. The number of esters is 2. The maximum absolute atomic E-state index is 13.3. The lowest BCUT2D eigenvalue weighted by molar-refractivity contribution is -0.346. The molecule has 4 fully saturated rings. The lowest BCUT2D eigenvalue weighted by atomic mass is 9.48. The van der Waals surface area contributed by atoms with Crippen molar-refractivity contribution < 1.29 is 56.4 Å². The van der Waals surface area contributed by atoms with E-state index >= 15 is 0 Å². The van der Waals surface area contributed by atoms with Crippen molar-refractivity contribution in [1.29, 1.82) is 0 Å². The molecule has 4 saturated carbocycles. The zero-order valence-electron chi connectivity index (χ0n) is 14.9. The van der Waals surface area contributed by atoms with E-state index < -0.39 is 53.8 Å². The summed E-state index contributed by atoms with van der Waals surface area (Å²) >= 11 is 0. The fraction of sp³-hybridized carbons (Fsp3) is 0.765. The van der Waals surface area contributed by atoms with Crippen molar-refractivity contribution in [3.8, 4) is 0 Å². The molecular weight excluding hydrogens is 408 g/mol. The minimum absolute atomic E-state index is 0.182. The topological polar surface area (TPSA) is 130 Å². The first-order valence-electron chi connectivity index (χ1n) is 8.87. The highest BCUT2D eigenvalue weighted by Crippen LogP contribution is 2.60. The number of halogens is 4. The van der Waals surface area contributed by atoms with Crippen LogP contribution in [-0.4, -0.2) is 53.5 Å². The molecule has 29 heavy (non-hydrogen) atoms. The van der Waals surface area contributed by atoms with Crippen LogP contribution in [0.4, 0.5) is 17.6 Å². The van der Waals surface area contributed by atoms with Crippen LogP contribution in [0, 0.1) is 23.2 Å². The van der Waals surface area contributed by atoms with Crippen LogP contribution in [0.5, 0.6) is 0 Å². The molecule has 0 aromatic heterocycles. The Labute approximate surface area is 161 Å². The van der Waals surface area contributed by atoms with Gasteiger partial charge in [-0.3, -0.25) is 4.79 Å². The Morgan fingerprint density at radius 3 is 2.03 bits per heavy atom. The number of carbonyl (C=O) groups excluding carboxylic acids is 3. The molecule has 0 aromatic rings. The van der Waals surface area contributed by atoms with Gasteiger partial charge >= 0.3 is 29.8 Å². The highest BCUT2D eigenvalue weighted by molar-refractivity contribution is 5.89. The van der Waals surface area contributed by atoms with Gasteiger partial charge in [0.15, 0.2) is 6.61 Å². The predicted molar refractivity (Wildman–Crippen MR) is 79.4 cm³/mol. The quantitative estimate of drug-likeness (QED) is 0.458. The molecule has 4 rings (SSSR count). The van der Waals surface area contributed by atoms with Crippen LogP contribution in [0.25, 0.3) is 0 Å². The van der Waals surface area contributed by atoms with Crippen LogP contribution < -0.4 is 5.11 Å². The smallest absolute Gasteiger partial charge is 0.410 e. The van der Waals surface area contributed by atoms with Crippen LogP contribution in [0.2, 0.25) is 0 Å². The summed E-state index contributed by atoms with van der Waals surface area (Å²) in [5.74, 6) is -20.4. The Kier molecular flexibility index (Phi) is 5.02. The average Bonchev–Trinajstić information content (AvgIpc) is 2.61. The minimum atomic E-state index is -5.82. The molecule has 0 saturated heterocycles. The van der Waals surface area contributed by atoms with E-state index in [0.29, 0.717) is 32.1 Å². The summed E-state index contributed by atoms with van der Waals surface area (Å²) in [7, 11) is 0. The second-order valence-corrected chi connectivity index (χ2v) is 8.02. The fourth-order valence-electron chi connectivity index (χ4n) is 5.09. The number of carboxylic acid groups (broad SMARTS) is 2. The van der Waals surface area contributed by atoms with Gasteiger partial charge in [0.2, 0.25) is 0 Å². The number of aliphatic carboxylic acids is 2. The number of rotatable bonds is 7. The normalized spacial score (nSPS) is 33.2. The molecule has 0 spiro atoms. The molecular formula is C17H17F4O8-. The van der Waals surface area contributed by atoms with E-state index in [1.807, 2.05) is 0 Å². The molecule has 2 unspecified atom stereocenters. The summed E-state index contributed by atoms with van der Waals surface area (Å²) in [6.45, 7) is -1.42. The van der Waals surface area contributed by atoms with Crippen molar-refractivity contribution in [2.24, 2.45) is 23.2 Å². The number of carboxylic acids is 2. The summed E-state index contributed by atoms with van der Waals surface area (Å²) in [6.07, 6.45) is 1.73. The largest absolute Gasteiger partial charge is 0.544 e. The Balaban J connectivity index is 1.58. The van der Waals surface area contributed by atoms with Gasteiger partial charge in [0.05, 0.1) is 5.41 Å². The second-order valence-electron chi connectivity index (χ2n) is 8.02. The third-order valence-electron chi connectivity index (χ3n) is 6.14. The van der Waals surface area contributed by atoms with Crippen LogP contribution in [0.3, 0.4) is 0 Å².